The summed E-state index contributed by atoms with van der Waals surface area (Å²) in [4.78, 5) is 27.7. The number of aromatic nitrogens is 1. The van der Waals surface area contributed by atoms with Crippen LogP contribution in [0.4, 0.5) is 0 Å². The van der Waals surface area contributed by atoms with Crippen LogP contribution in [0.3, 0.4) is 0 Å². The minimum atomic E-state index is -1.21. The first-order chi connectivity index (χ1) is 12.6. The summed E-state index contributed by atoms with van der Waals surface area (Å²) in [6.07, 6.45) is 4.83. The molecule has 3 rings (SSSR count). The zero-order valence-corrected chi connectivity index (χ0v) is 13.8. The Morgan fingerprint density at radius 3 is 2.31 bits per heavy atom. The van der Waals surface area contributed by atoms with Crippen LogP contribution >= 0.6 is 0 Å². The lowest BCUT2D eigenvalue weighted by molar-refractivity contribution is -0.132. The van der Waals surface area contributed by atoms with Gasteiger partial charge in [0.2, 0.25) is 0 Å². The summed E-state index contributed by atoms with van der Waals surface area (Å²) in [6.45, 7) is 0. The molecule has 0 saturated carbocycles. The summed E-state index contributed by atoms with van der Waals surface area (Å²) < 4.78 is 0. The van der Waals surface area contributed by atoms with Crippen molar-refractivity contribution in [3.8, 4) is 11.1 Å². The van der Waals surface area contributed by atoms with Crippen molar-refractivity contribution in [2.45, 2.75) is 0 Å². The first kappa shape index (κ1) is 17.1. The van der Waals surface area contributed by atoms with Gasteiger partial charge in [0, 0.05) is 18.0 Å². The third-order valence-corrected chi connectivity index (χ3v) is 3.73. The number of pyridine rings is 1. The zero-order chi connectivity index (χ0) is 18.4. The molecule has 0 aliphatic rings. The van der Waals surface area contributed by atoms with Gasteiger partial charge in [-0.05, 0) is 53.1 Å². The van der Waals surface area contributed by atoms with E-state index in [0.29, 0.717) is 11.1 Å². The molecule has 0 spiro atoms. The van der Waals surface area contributed by atoms with Crippen molar-refractivity contribution in [3.63, 3.8) is 0 Å². The van der Waals surface area contributed by atoms with E-state index in [0.717, 1.165) is 11.1 Å². The summed E-state index contributed by atoms with van der Waals surface area (Å²) in [5.74, 6) is -1.67. The molecule has 0 fully saturated rings. The SMILES string of the molecule is O=C(O)/C(=C\c1cccc(-c2ccncc2)c1)NC(=O)c1ccccc1. The smallest absolute Gasteiger partial charge is 0.352 e. The van der Waals surface area contributed by atoms with Crippen molar-refractivity contribution in [1.29, 1.82) is 0 Å². The highest BCUT2D eigenvalue weighted by Crippen LogP contribution is 2.20. The first-order valence-corrected chi connectivity index (χ1v) is 7.95. The van der Waals surface area contributed by atoms with Gasteiger partial charge in [0.1, 0.15) is 5.70 Å². The van der Waals surface area contributed by atoms with E-state index >= 15 is 0 Å². The Morgan fingerprint density at radius 2 is 1.62 bits per heavy atom. The Balaban J connectivity index is 1.88. The third-order valence-electron chi connectivity index (χ3n) is 3.73. The molecular weight excluding hydrogens is 328 g/mol. The second-order valence-electron chi connectivity index (χ2n) is 5.54. The highest BCUT2D eigenvalue weighted by atomic mass is 16.4. The van der Waals surface area contributed by atoms with E-state index < -0.39 is 11.9 Å². The predicted octanol–water partition coefficient (Wildman–Crippen LogP) is 3.60. The number of amides is 1. The standard InChI is InChI=1S/C21H16N2O3/c24-20(17-6-2-1-3-7-17)23-19(21(25)26)14-15-5-4-8-18(13-15)16-9-11-22-12-10-16/h1-14H,(H,23,24)(H,25,26)/b19-14+. The fraction of sp³-hybridized carbons (Fsp3) is 0. The molecule has 0 aliphatic carbocycles. The predicted molar refractivity (Wildman–Crippen MR) is 99.2 cm³/mol. The van der Waals surface area contributed by atoms with Crippen LogP contribution in [0, 0.1) is 0 Å². The Hall–Kier alpha value is -3.73. The number of nitrogens with zero attached hydrogens (tertiary/aromatic N) is 1. The summed E-state index contributed by atoms with van der Waals surface area (Å²) in [5.41, 5.74) is 2.78. The van der Waals surface area contributed by atoms with Gasteiger partial charge >= 0.3 is 5.97 Å². The molecule has 5 heteroatoms. The van der Waals surface area contributed by atoms with Crippen molar-refractivity contribution in [2.75, 3.05) is 0 Å². The molecule has 2 N–H and O–H groups in total. The van der Waals surface area contributed by atoms with E-state index in [2.05, 4.69) is 10.3 Å². The number of aliphatic carboxylic acids is 1. The van der Waals surface area contributed by atoms with E-state index in [1.165, 1.54) is 6.08 Å². The van der Waals surface area contributed by atoms with Crippen molar-refractivity contribution >= 4 is 18.0 Å². The molecule has 128 valence electrons. The maximum atomic E-state index is 12.2. The van der Waals surface area contributed by atoms with E-state index in [-0.39, 0.29) is 5.70 Å². The number of carbonyl (C=O) groups is 2. The molecule has 2 aromatic carbocycles. The van der Waals surface area contributed by atoms with Crippen LogP contribution in [0.1, 0.15) is 15.9 Å². The van der Waals surface area contributed by atoms with Gasteiger partial charge < -0.3 is 10.4 Å². The molecule has 0 bridgehead atoms. The van der Waals surface area contributed by atoms with Crippen LogP contribution in [0.2, 0.25) is 0 Å². The maximum Gasteiger partial charge on any atom is 0.352 e. The van der Waals surface area contributed by atoms with Crippen LogP contribution in [0.5, 0.6) is 0 Å². The normalized spacial score (nSPS) is 11.0. The Morgan fingerprint density at radius 1 is 0.885 bits per heavy atom. The Bertz CT molecular complexity index is 951. The molecule has 1 amide bonds. The van der Waals surface area contributed by atoms with E-state index in [9.17, 15) is 14.7 Å². The minimum absolute atomic E-state index is 0.189. The fourth-order valence-corrected chi connectivity index (χ4v) is 2.45. The summed E-state index contributed by atoms with van der Waals surface area (Å²) >= 11 is 0. The highest BCUT2D eigenvalue weighted by Gasteiger charge is 2.13. The molecule has 0 atom stereocenters. The molecule has 0 aliphatic heterocycles. The number of carbonyl (C=O) groups excluding carboxylic acids is 1. The second-order valence-corrected chi connectivity index (χ2v) is 5.54. The maximum absolute atomic E-state index is 12.2. The molecule has 26 heavy (non-hydrogen) atoms. The van der Waals surface area contributed by atoms with Gasteiger partial charge in [0.05, 0.1) is 0 Å². The molecule has 1 aromatic heterocycles. The fourth-order valence-electron chi connectivity index (χ4n) is 2.45. The number of hydrogen-bond donors (Lipinski definition) is 2. The lowest BCUT2D eigenvalue weighted by atomic mass is 10.0. The lowest BCUT2D eigenvalue weighted by Gasteiger charge is -2.07. The molecule has 0 radical (unpaired) electrons. The average Bonchev–Trinajstić information content (AvgIpc) is 2.69. The Labute approximate surface area is 150 Å². The van der Waals surface area contributed by atoms with Crippen molar-refractivity contribution < 1.29 is 14.7 Å². The highest BCUT2D eigenvalue weighted by molar-refractivity contribution is 6.02. The lowest BCUT2D eigenvalue weighted by Crippen LogP contribution is -2.27. The summed E-state index contributed by atoms with van der Waals surface area (Å²) in [5, 5.41) is 11.9. The minimum Gasteiger partial charge on any atom is -0.477 e. The van der Waals surface area contributed by atoms with Gasteiger partial charge in [-0.15, -0.1) is 0 Å². The summed E-state index contributed by atoms with van der Waals surface area (Å²) in [6, 6.07) is 19.6. The Kier molecular flexibility index (Phi) is 5.19. The number of rotatable bonds is 5. The first-order valence-electron chi connectivity index (χ1n) is 7.95. The summed E-state index contributed by atoms with van der Waals surface area (Å²) in [7, 11) is 0. The van der Waals surface area contributed by atoms with Gasteiger partial charge in [-0.25, -0.2) is 4.79 Å². The number of benzene rings is 2. The van der Waals surface area contributed by atoms with Gasteiger partial charge in [0.25, 0.3) is 5.91 Å². The number of hydrogen-bond acceptors (Lipinski definition) is 3. The van der Waals surface area contributed by atoms with E-state index in [1.807, 2.05) is 30.3 Å². The zero-order valence-electron chi connectivity index (χ0n) is 13.8. The van der Waals surface area contributed by atoms with Crippen LogP contribution in [-0.4, -0.2) is 22.0 Å². The largest absolute Gasteiger partial charge is 0.477 e. The second kappa shape index (κ2) is 7.90. The van der Waals surface area contributed by atoms with Gasteiger partial charge in [-0.2, -0.15) is 0 Å². The average molecular weight is 344 g/mol. The van der Waals surface area contributed by atoms with E-state index in [4.69, 9.17) is 0 Å². The molecule has 3 aromatic rings. The van der Waals surface area contributed by atoms with Crippen molar-refractivity contribution in [3.05, 3.63) is 95.9 Å². The van der Waals surface area contributed by atoms with Gasteiger partial charge in [-0.3, -0.25) is 9.78 Å². The van der Waals surface area contributed by atoms with Crippen LogP contribution in [0.15, 0.2) is 84.8 Å². The molecular formula is C21H16N2O3. The van der Waals surface area contributed by atoms with Crippen LogP contribution in [-0.2, 0) is 4.79 Å². The van der Waals surface area contributed by atoms with E-state index in [1.54, 1.807) is 48.8 Å². The van der Waals surface area contributed by atoms with Gasteiger partial charge in [0.15, 0.2) is 0 Å². The molecule has 0 saturated heterocycles. The molecule has 1 heterocycles. The van der Waals surface area contributed by atoms with Crippen LogP contribution < -0.4 is 5.32 Å². The van der Waals surface area contributed by atoms with Crippen LogP contribution in [0.25, 0.3) is 17.2 Å². The number of nitrogens with one attached hydrogen (secondary N) is 1. The number of carboxylic acid groups (broad SMARTS) is 1. The molecule has 0 unspecified atom stereocenters. The molecule has 5 nitrogen and oxygen atoms in total. The topological polar surface area (TPSA) is 79.3 Å². The van der Waals surface area contributed by atoms with Gasteiger partial charge in [-0.1, -0.05) is 36.4 Å². The van der Waals surface area contributed by atoms with Crippen molar-refractivity contribution in [2.24, 2.45) is 0 Å². The third kappa shape index (κ3) is 4.21. The van der Waals surface area contributed by atoms with Crippen molar-refractivity contribution in [1.82, 2.24) is 10.3 Å². The number of carboxylic acids is 1. The monoisotopic (exact) mass is 344 g/mol. The quantitative estimate of drug-likeness (QED) is 0.693.